The third-order valence-electron chi connectivity index (χ3n) is 11.1. The monoisotopic (exact) mass is 888 g/mol. The van der Waals surface area contributed by atoms with Crippen LogP contribution in [0.15, 0.2) is 48.5 Å². The smallest absolute Gasteiger partial charge is 0.130 e. The minimum Gasteiger partial charge on any atom is -0.474 e. The van der Waals surface area contributed by atoms with E-state index in [0.29, 0.717) is 25.7 Å². The van der Waals surface area contributed by atoms with Crippen molar-refractivity contribution in [2.45, 2.75) is 130 Å². The van der Waals surface area contributed by atoms with Crippen LogP contribution in [0.3, 0.4) is 0 Å². The van der Waals surface area contributed by atoms with Crippen LogP contribution in [0.2, 0.25) is 0 Å². The number of fused-ring (bicyclic) bond motifs is 8. The summed E-state index contributed by atoms with van der Waals surface area (Å²) >= 11 is 0. The molecular formula is C52H76O4P4. The Bertz CT molecular complexity index is 1770. The lowest BCUT2D eigenvalue weighted by Gasteiger charge is -2.30. The lowest BCUT2D eigenvalue weighted by atomic mass is 9.79. The fourth-order valence-electron chi connectivity index (χ4n) is 7.82. The Morgan fingerprint density at radius 2 is 0.417 bits per heavy atom. The van der Waals surface area contributed by atoms with Gasteiger partial charge in [-0.2, -0.15) is 0 Å². The molecule has 0 unspecified atom stereocenters. The highest BCUT2D eigenvalue weighted by atomic mass is 31.1. The van der Waals surface area contributed by atoms with E-state index in [1.807, 2.05) is 0 Å². The minimum absolute atomic E-state index is 0.0777. The zero-order valence-corrected chi connectivity index (χ0v) is 44.4. The van der Waals surface area contributed by atoms with Crippen LogP contribution in [0.1, 0.15) is 150 Å². The maximum absolute atomic E-state index is 7.08. The van der Waals surface area contributed by atoms with Gasteiger partial charge in [0.15, 0.2) is 0 Å². The van der Waals surface area contributed by atoms with E-state index in [-0.39, 0.29) is 21.7 Å². The number of hydrogen-bond donors (Lipinski definition) is 0. The van der Waals surface area contributed by atoms with Crippen LogP contribution in [0, 0.1) is 0 Å². The molecule has 0 saturated carbocycles. The van der Waals surface area contributed by atoms with Crippen molar-refractivity contribution >= 4 is 32.6 Å². The molecule has 8 bridgehead atoms. The average molecular weight is 889 g/mol. The normalized spacial score (nSPS) is 14.0. The fourth-order valence-corrected chi connectivity index (χ4v) is 10.2. The maximum Gasteiger partial charge on any atom is 0.130 e. The van der Waals surface area contributed by atoms with Crippen molar-refractivity contribution in [3.05, 3.63) is 115 Å². The van der Waals surface area contributed by atoms with Gasteiger partial charge < -0.3 is 18.1 Å². The van der Waals surface area contributed by atoms with Crippen molar-refractivity contribution in [3.8, 4) is 23.0 Å². The van der Waals surface area contributed by atoms with Crippen molar-refractivity contribution in [2.75, 3.05) is 53.3 Å². The first-order valence-electron chi connectivity index (χ1n) is 21.6. The summed E-state index contributed by atoms with van der Waals surface area (Å²) in [7, 11) is -2.89. The zero-order chi connectivity index (χ0) is 44.9. The van der Waals surface area contributed by atoms with Crippen LogP contribution in [0.25, 0.3) is 0 Å². The van der Waals surface area contributed by atoms with Crippen molar-refractivity contribution in [1.82, 2.24) is 0 Å². The summed E-state index contributed by atoms with van der Waals surface area (Å²) in [6.45, 7) is 45.7. The molecule has 1 aliphatic rings. The highest BCUT2D eigenvalue weighted by Gasteiger charge is 2.30. The second-order valence-corrected chi connectivity index (χ2v) is 29.0. The van der Waals surface area contributed by atoms with E-state index in [1.165, 1.54) is 66.8 Å². The molecule has 0 aromatic heterocycles. The van der Waals surface area contributed by atoms with Gasteiger partial charge >= 0.3 is 0 Å². The van der Waals surface area contributed by atoms with Gasteiger partial charge in [-0.25, -0.2) is 0 Å². The van der Waals surface area contributed by atoms with Gasteiger partial charge in [0.05, 0.1) is 32.6 Å². The molecule has 0 atom stereocenters. The van der Waals surface area contributed by atoms with Gasteiger partial charge in [0, 0.05) is 25.7 Å². The molecule has 0 fully saturated rings. The Hall–Kier alpha value is -2.20. The van der Waals surface area contributed by atoms with Crippen molar-refractivity contribution < 1.29 is 18.1 Å². The molecule has 0 spiro atoms. The molecule has 0 N–H and O–H groups in total. The van der Waals surface area contributed by atoms with Crippen molar-refractivity contribution in [1.29, 1.82) is 0 Å². The molecule has 4 nitrogen and oxygen atoms in total. The first-order chi connectivity index (χ1) is 27.5. The van der Waals surface area contributed by atoms with Gasteiger partial charge in [0.2, 0.25) is 0 Å². The molecule has 60 heavy (non-hydrogen) atoms. The third kappa shape index (κ3) is 12.1. The Labute approximate surface area is 371 Å². The maximum atomic E-state index is 7.08. The van der Waals surface area contributed by atoms with E-state index in [2.05, 4.69) is 185 Å². The quantitative estimate of drug-likeness (QED) is 0.146. The predicted octanol–water partition coefficient (Wildman–Crippen LogP) is 15.7. The summed E-state index contributed by atoms with van der Waals surface area (Å²) in [5.74, 6) is 4.03. The summed E-state index contributed by atoms with van der Waals surface area (Å²) < 4.78 is 28.3. The van der Waals surface area contributed by atoms with Gasteiger partial charge in [0.1, 0.15) is 23.0 Å². The van der Waals surface area contributed by atoms with E-state index < -0.39 is 32.6 Å². The highest BCUT2D eigenvalue weighted by Crippen LogP contribution is 2.49. The summed E-state index contributed by atoms with van der Waals surface area (Å²) in [6, 6.07) is 19.4. The molecular weight excluding hydrogens is 812 g/mol. The van der Waals surface area contributed by atoms with E-state index >= 15 is 0 Å². The molecule has 4 aromatic rings. The molecule has 1 aliphatic carbocycles. The summed E-state index contributed by atoms with van der Waals surface area (Å²) in [4.78, 5) is 0. The van der Waals surface area contributed by atoms with E-state index in [9.17, 15) is 0 Å². The van der Waals surface area contributed by atoms with Crippen molar-refractivity contribution in [2.24, 2.45) is 0 Å². The van der Waals surface area contributed by atoms with E-state index in [0.717, 1.165) is 23.0 Å². The van der Waals surface area contributed by atoms with Crippen LogP contribution >= 0.6 is 32.6 Å². The van der Waals surface area contributed by atoms with Gasteiger partial charge in [-0.15, -0.1) is 0 Å². The van der Waals surface area contributed by atoms with Crippen LogP contribution in [-0.4, -0.2) is 53.3 Å². The zero-order valence-electron chi connectivity index (χ0n) is 40.9. The predicted molar refractivity (Wildman–Crippen MR) is 269 cm³/mol. The first-order valence-corrected chi connectivity index (χ1v) is 30.2. The fraction of sp³-hybridized carbons (Fsp3) is 0.538. The molecule has 0 aliphatic heterocycles. The van der Waals surface area contributed by atoms with E-state index in [1.54, 1.807) is 0 Å². The Kier molecular flexibility index (Phi) is 15.0. The van der Waals surface area contributed by atoms with Crippen LogP contribution in [0.4, 0.5) is 0 Å². The second-order valence-electron chi connectivity index (χ2n) is 21.8. The standard InChI is InChI=1S/C52H76O4P4/c1-49(2,3)41-25-33-21-35-27-42(50(4,5)6)29-37(46(35)54-58(15)16)23-39-31-44(52(10,11)12)32-40(48(39)56-60(19)20)24-38-30-43(51(7,8)9)28-36(47(38)55-59(17)18)22-34(26-41)45(33)53-57(13)14/h25-32H,21-24H2,1-20H3. The average Bonchev–Trinajstić information content (AvgIpc) is 3.06. The number of hydrogen-bond acceptors (Lipinski definition) is 4. The molecule has 8 heteroatoms. The first kappa shape index (κ1) is 48.8. The second kappa shape index (κ2) is 18.5. The summed E-state index contributed by atoms with van der Waals surface area (Å²) in [5, 5.41) is 0. The van der Waals surface area contributed by atoms with Crippen LogP contribution in [-0.2, 0) is 47.3 Å². The lowest BCUT2D eigenvalue weighted by molar-refractivity contribution is 0.565. The molecule has 5 rings (SSSR count). The molecule has 4 aromatic carbocycles. The van der Waals surface area contributed by atoms with Gasteiger partial charge in [0.25, 0.3) is 0 Å². The molecule has 0 radical (unpaired) electrons. The minimum atomic E-state index is -0.723. The lowest BCUT2D eigenvalue weighted by Crippen LogP contribution is -2.17. The van der Waals surface area contributed by atoms with Gasteiger partial charge in [-0.3, -0.25) is 0 Å². The third-order valence-corrected chi connectivity index (χ3v) is 13.2. The van der Waals surface area contributed by atoms with Crippen LogP contribution < -0.4 is 18.1 Å². The highest BCUT2D eigenvalue weighted by molar-refractivity contribution is 7.52. The molecule has 0 saturated heterocycles. The molecule has 328 valence electrons. The molecule has 0 amide bonds. The van der Waals surface area contributed by atoms with Crippen LogP contribution in [0.5, 0.6) is 23.0 Å². The Balaban J connectivity index is 2.05. The topological polar surface area (TPSA) is 36.9 Å². The number of benzene rings is 4. The van der Waals surface area contributed by atoms with Gasteiger partial charge in [-0.1, -0.05) is 132 Å². The Morgan fingerprint density at radius 1 is 0.283 bits per heavy atom. The Morgan fingerprint density at radius 3 is 0.517 bits per heavy atom. The number of rotatable bonds is 8. The van der Waals surface area contributed by atoms with E-state index in [4.69, 9.17) is 18.1 Å². The molecule has 0 heterocycles. The summed E-state index contributed by atoms with van der Waals surface area (Å²) in [6.07, 6.45) is 2.79. The largest absolute Gasteiger partial charge is 0.474 e. The van der Waals surface area contributed by atoms with Gasteiger partial charge in [-0.05, 0) is 142 Å². The summed E-state index contributed by atoms with van der Waals surface area (Å²) in [5.41, 5.74) is 14.6. The van der Waals surface area contributed by atoms with Crippen molar-refractivity contribution in [3.63, 3.8) is 0 Å². The SMILES string of the molecule is CP(C)Oc1c2cc(C(C)(C)C)cc1Cc1cc(C(C)(C)C)cc(c1OP(C)C)Cc1cc(C(C)(C)C)cc(c1OP(C)C)Cc1cc(C(C)(C)C)cc(c1OP(C)C)C2.